The molecule has 0 aliphatic rings. The Kier molecular flexibility index (Phi) is 6.65. The first-order chi connectivity index (χ1) is 12.0. The molecule has 0 saturated carbocycles. The highest BCUT2D eigenvalue weighted by Crippen LogP contribution is 2.15. The maximum atomic E-state index is 12.0. The molecule has 0 aromatic heterocycles. The van der Waals surface area contributed by atoms with E-state index in [1.807, 2.05) is 0 Å². The van der Waals surface area contributed by atoms with Gasteiger partial charge in [0.05, 0.1) is 12.1 Å². The van der Waals surface area contributed by atoms with Gasteiger partial charge in [0.1, 0.15) is 18.1 Å². The van der Waals surface area contributed by atoms with Gasteiger partial charge in [0.15, 0.2) is 6.61 Å². The van der Waals surface area contributed by atoms with Gasteiger partial charge in [-0.25, -0.2) is 4.79 Å². The molecule has 0 unspecified atom stereocenters. The molecule has 132 valence electrons. The fourth-order valence-electron chi connectivity index (χ4n) is 1.87. The van der Waals surface area contributed by atoms with E-state index < -0.39 is 5.97 Å². The number of amides is 1. The molecule has 2 rings (SSSR count). The third-order valence-corrected chi connectivity index (χ3v) is 3.62. The molecule has 2 aromatic rings. The molecule has 1 amide bonds. The van der Waals surface area contributed by atoms with Gasteiger partial charge < -0.3 is 19.5 Å². The van der Waals surface area contributed by atoms with Crippen molar-refractivity contribution in [3.8, 4) is 11.5 Å². The highest BCUT2D eigenvalue weighted by Gasteiger charge is 2.13. The van der Waals surface area contributed by atoms with Crippen LogP contribution in [0.3, 0.4) is 0 Å². The number of phenols is 1. The predicted molar refractivity (Wildman–Crippen MR) is 93.0 cm³/mol. The Morgan fingerprint density at radius 3 is 2.36 bits per heavy atom. The lowest BCUT2D eigenvalue weighted by molar-refractivity contribution is -0.133. The largest absolute Gasteiger partial charge is 0.508 e. The number of rotatable bonds is 7. The zero-order valence-corrected chi connectivity index (χ0v) is 14.4. The van der Waals surface area contributed by atoms with Crippen LogP contribution in [-0.2, 0) is 9.53 Å². The summed E-state index contributed by atoms with van der Waals surface area (Å²) in [5.41, 5.74) is 0.263. The molecule has 25 heavy (non-hydrogen) atoms. The first-order valence-corrected chi connectivity index (χ1v) is 7.92. The number of phenolic OH excluding ortho intramolecular Hbond substituents is 1. The molecule has 7 heteroatoms. The normalized spacial score (nSPS) is 10.2. The number of halogens is 1. The van der Waals surface area contributed by atoms with Gasteiger partial charge in [-0.05, 0) is 48.5 Å². The van der Waals surface area contributed by atoms with E-state index in [4.69, 9.17) is 21.1 Å². The van der Waals surface area contributed by atoms with E-state index in [1.165, 1.54) is 29.2 Å². The number of aromatic hydroxyl groups is 1. The smallest absolute Gasteiger partial charge is 0.338 e. The minimum Gasteiger partial charge on any atom is -0.508 e. The number of carbonyl (C=O) groups excluding carboxylic acids is 2. The third-order valence-electron chi connectivity index (χ3n) is 3.36. The van der Waals surface area contributed by atoms with Crippen LogP contribution in [0.25, 0.3) is 0 Å². The lowest BCUT2D eigenvalue weighted by atomic mass is 10.2. The van der Waals surface area contributed by atoms with Crippen LogP contribution in [0.4, 0.5) is 0 Å². The van der Waals surface area contributed by atoms with Crippen molar-refractivity contribution in [1.29, 1.82) is 0 Å². The zero-order valence-electron chi connectivity index (χ0n) is 13.6. The van der Waals surface area contributed by atoms with Gasteiger partial charge >= 0.3 is 5.97 Å². The zero-order chi connectivity index (χ0) is 18.2. The Morgan fingerprint density at radius 1 is 1.08 bits per heavy atom. The summed E-state index contributed by atoms with van der Waals surface area (Å²) in [6.07, 6.45) is 0. The predicted octanol–water partition coefficient (Wildman–Crippen LogP) is 2.74. The van der Waals surface area contributed by atoms with Crippen LogP contribution in [0.15, 0.2) is 48.5 Å². The van der Waals surface area contributed by atoms with Crippen molar-refractivity contribution in [3.63, 3.8) is 0 Å². The second-order valence-corrected chi connectivity index (χ2v) is 5.68. The topological polar surface area (TPSA) is 76.1 Å². The van der Waals surface area contributed by atoms with Crippen LogP contribution in [0.5, 0.6) is 11.5 Å². The number of hydrogen-bond acceptors (Lipinski definition) is 5. The maximum Gasteiger partial charge on any atom is 0.338 e. The van der Waals surface area contributed by atoms with Gasteiger partial charge in [0, 0.05) is 12.1 Å². The van der Waals surface area contributed by atoms with Crippen molar-refractivity contribution in [2.24, 2.45) is 0 Å². The van der Waals surface area contributed by atoms with Gasteiger partial charge in [-0.15, -0.1) is 0 Å². The van der Waals surface area contributed by atoms with Crippen molar-refractivity contribution in [2.45, 2.75) is 0 Å². The summed E-state index contributed by atoms with van der Waals surface area (Å²) in [5.74, 6) is -0.261. The molecular formula is C18H18ClNO5. The average Bonchev–Trinajstić information content (AvgIpc) is 2.61. The van der Waals surface area contributed by atoms with E-state index in [9.17, 15) is 14.7 Å². The molecule has 0 aliphatic carbocycles. The summed E-state index contributed by atoms with van der Waals surface area (Å²) >= 11 is 5.79. The van der Waals surface area contributed by atoms with Crippen molar-refractivity contribution in [1.82, 2.24) is 4.90 Å². The highest BCUT2D eigenvalue weighted by molar-refractivity contribution is 6.30. The average molecular weight is 364 g/mol. The molecule has 0 radical (unpaired) electrons. The molecule has 0 atom stereocenters. The molecule has 0 saturated heterocycles. The number of ether oxygens (including phenoxy) is 2. The number of hydrogen-bond donors (Lipinski definition) is 1. The second kappa shape index (κ2) is 8.94. The molecule has 1 N–H and O–H groups in total. The lowest BCUT2D eigenvalue weighted by Gasteiger charge is -2.17. The van der Waals surface area contributed by atoms with Crippen LogP contribution in [-0.4, -0.2) is 48.7 Å². The van der Waals surface area contributed by atoms with E-state index >= 15 is 0 Å². The van der Waals surface area contributed by atoms with Crippen molar-refractivity contribution in [3.05, 3.63) is 59.1 Å². The van der Waals surface area contributed by atoms with Crippen LogP contribution < -0.4 is 4.74 Å². The Balaban J connectivity index is 1.71. The second-order valence-electron chi connectivity index (χ2n) is 5.24. The summed E-state index contributed by atoms with van der Waals surface area (Å²) in [5, 5.41) is 9.80. The molecular weight excluding hydrogens is 346 g/mol. The maximum absolute atomic E-state index is 12.0. The molecule has 2 aromatic carbocycles. The first kappa shape index (κ1) is 18.6. The fourth-order valence-corrected chi connectivity index (χ4v) is 2.00. The number of esters is 1. The van der Waals surface area contributed by atoms with Crippen molar-refractivity contribution in [2.75, 3.05) is 26.8 Å². The number of carbonyl (C=O) groups is 2. The van der Waals surface area contributed by atoms with E-state index in [-0.39, 0.29) is 23.8 Å². The van der Waals surface area contributed by atoms with Crippen LogP contribution >= 0.6 is 11.6 Å². The minimum absolute atomic E-state index is 0.0491. The van der Waals surface area contributed by atoms with E-state index in [0.29, 0.717) is 23.9 Å². The Labute approximate surface area is 150 Å². The molecule has 0 fully saturated rings. The monoisotopic (exact) mass is 363 g/mol. The van der Waals surface area contributed by atoms with Crippen molar-refractivity contribution >= 4 is 23.5 Å². The Morgan fingerprint density at radius 2 is 1.72 bits per heavy atom. The standard InChI is InChI=1S/C18H18ClNO5/c1-20(10-11-24-16-8-4-14(19)5-9-16)17(22)12-25-18(23)13-2-6-15(21)7-3-13/h2-9,21H,10-12H2,1H3. The van der Waals surface area contributed by atoms with E-state index in [2.05, 4.69) is 0 Å². The molecule has 0 spiro atoms. The summed E-state index contributed by atoms with van der Waals surface area (Å²) in [4.78, 5) is 25.2. The highest BCUT2D eigenvalue weighted by atomic mass is 35.5. The molecule has 0 aliphatic heterocycles. The quantitative estimate of drug-likeness (QED) is 0.765. The minimum atomic E-state index is -0.626. The van der Waals surface area contributed by atoms with Crippen LogP contribution in [0.2, 0.25) is 5.02 Å². The van der Waals surface area contributed by atoms with Crippen LogP contribution in [0.1, 0.15) is 10.4 Å². The molecule has 6 nitrogen and oxygen atoms in total. The van der Waals surface area contributed by atoms with E-state index in [1.54, 1.807) is 31.3 Å². The first-order valence-electron chi connectivity index (χ1n) is 7.54. The third kappa shape index (κ3) is 6.00. The summed E-state index contributed by atoms with van der Waals surface area (Å²) < 4.78 is 10.5. The van der Waals surface area contributed by atoms with Crippen LogP contribution in [0, 0.1) is 0 Å². The SMILES string of the molecule is CN(CCOc1ccc(Cl)cc1)C(=O)COC(=O)c1ccc(O)cc1. The van der Waals surface area contributed by atoms with Gasteiger partial charge in [-0.3, -0.25) is 4.79 Å². The summed E-state index contributed by atoms with van der Waals surface area (Å²) in [7, 11) is 1.60. The number of likely N-dealkylation sites (N-methyl/N-ethyl adjacent to an activating group) is 1. The molecule has 0 heterocycles. The van der Waals surface area contributed by atoms with Gasteiger partial charge in [0.25, 0.3) is 5.91 Å². The van der Waals surface area contributed by atoms with Gasteiger partial charge in [0.2, 0.25) is 0 Å². The lowest BCUT2D eigenvalue weighted by Crippen LogP contribution is -2.34. The summed E-state index contributed by atoms with van der Waals surface area (Å²) in [6, 6.07) is 12.5. The van der Waals surface area contributed by atoms with Crippen molar-refractivity contribution < 1.29 is 24.2 Å². The Hall–Kier alpha value is -2.73. The number of nitrogens with zero attached hydrogens (tertiary/aromatic N) is 1. The Bertz CT molecular complexity index is 715. The van der Waals surface area contributed by atoms with Gasteiger partial charge in [-0.2, -0.15) is 0 Å². The fraction of sp³-hybridized carbons (Fsp3) is 0.222. The summed E-state index contributed by atoms with van der Waals surface area (Å²) in [6.45, 7) is 0.283. The van der Waals surface area contributed by atoms with E-state index in [0.717, 1.165) is 0 Å². The van der Waals surface area contributed by atoms with Gasteiger partial charge in [-0.1, -0.05) is 11.6 Å². The number of benzene rings is 2. The molecule has 0 bridgehead atoms.